The quantitative estimate of drug-likeness (QED) is 0.146. The molecule has 0 aliphatic heterocycles. The van der Waals surface area contributed by atoms with Gasteiger partial charge in [0.05, 0.1) is 35.0 Å². The molecule has 0 radical (unpaired) electrons. The fourth-order valence-electron chi connectivity index (χ4n) is 7.61. The summed E-state index contributed by atoms with van der Waals surface area (Å²) in [6, 6.07) is 19.1. The average molecular weight is 867 g/mol. The van der Waals surface area contributed by atoms with Gasteiger partial charge in [-0.2, -0.15) is 20.2 Å². The van der Waals surface area contributed by atoms with E-state index in [4.69, 9.17) is 25.9 Å². The summed E-state index contributed by atoms with van der Waals surface area (Å²) < 4.78 is 22.0. The summed E-state index contributed by atoms with van der Waals surface area (Å²) in [7, 11) is 5.11. The van der Waals surface area contributed by atoms with Gasteiger partial charge in [0, 0.05) is 51.1 Å². The van der Waals surface area contributed by atoms with Crippen LogP contribution in [-0.4, -0.2) is 68.6 Å². The third-order valence-electron chi connectivity index (χ3n) is 11.1. The molecule has 330 valence electrons. The van der Waals surface area contributed by atoms with Gasteiger partial charge in [0.1, 0.15) is 35.0 Å². The van der Waals surface area contributed by atoms with Crippen molar-refractivity contribution < 1.29 is 28.7 Å². The van der Waals surface area contributed by atoms with E-state index in [1.54, 1.807) is 84.4 Å². The number of carbonyl (C=O) groups excluding carboxylic acids is 4. The molecule has 0 aliphatic rings. The van der Waals surface area contributed by atoms with Gasteiger partial charge in [-0.05, 0) is 94.8 Å². The molecular formula is C46H50N12O6. The molecule has 0 aliphatic carbocycles. The minimum Gasteiger partial charge on any atom is -0.497 e. The lowest BCUT2D eigenvalue weighted by Gasteiger charge is -2.15. The number of nitrogens with zero attached hydrogens (tertiary/aromatic N) is 10. The number of hydrogen-bond donors (Lipinski definition) is 2. The number of ether oxygens (including phenoxy) is 2. The number of aromatic nitrogens is 8. The molecule has 0 saturated carbocycles. The zero-order valence-corrected chi connectivity index (χ0v) is 37.0. The number of aryl methyl sites for hydroxylation is 5. The Hall–Kier alpha value is -8.02. The van der Waals surface area contributed by atoms with Crippen molar-refractivity contribution in [1.29, 1.82) is 0 Å². The van der Waals surface area contributed by atoms with Crippen LogP contribution >= 0.6 is 0 Å². The van der Waals surface area contributed by atoms with E-state index in [0.29, 0.717) is 68.4 Å². The second kappa shape index (κ2) is 17.8. The Bertz CT molecular complexity index is 3220. The summed E-state index contributed by atoms with van der Waals surface area (Å²) in [5.74, 6) is -1.29. The highest BCUT2D eigenvalue weighted by Crippen LogP contribution is 2.30. The van der Waals surface area contributed by atoms with Crippen LogP contribution < -0.4 is 32.2 Å². The van der Waals surface area contributed by atoms with E-state index in [0.717, 1.165) is 16.7 Å². The van der Waals surface area contributed by atoms with Crippen LogP contribution in [0.5, 0.6) is 11.5 Å². The molecule has 7 aromatic rings. The van der Waals surface area contributed by atoms with Gasteiger partial charge in [-0.3, -0.25) is 23.9 Å². The van der Waals surface area contributed by atoms with Crippen molar-refractivity contribution >= 4 is 51.9 Å². The van der Waals surface area contributed by atoms with Crippen LogP contribution in [0.3, 0.4) is 0 Å². The number of methoxy groups -OCH3 is 1. The number of carbonyl (C=O) groups is 4. The molecule has 0 bridgehead atoms. The summed E-state index contributed by atoms with van der Waals surface area (Å²) >= 11 is 0. The van der Waals surface area contributed by atoms with Gasteiger partial charge in [-0.1, -0.05) is 29.9 Å². The number of primary amides is 2. The van der Waals surface area contributed by atoms with Crippen LogP contribution in [-0.2, 0) is 40.3 Å². The van der Waals surface area contributed by atoms with Gasteiger partial charge in [-0.25, -0.2) is 4.68 Å². The molecule has 7 rings (SSSR count). The zero-order chi connectivity index (χ0) is 46.1. The van der Waals surface area contributed by atoms with Crippen molar-refractivity contribution in [2.45, 2.75) is 60.9 Å². The SMILES string of the molecule is C=Cn1nc(C)cc1C(=O)/N=c1\n(C)c2cc(C(N)=O)ccc2n1C/C(C)=C(\C)Cn1/c(=N/C(=O)c2cc(C)nn2CC)n(C)c2cc(C(N)=O)cc(OCc3ccc(OC)cc3)c21. The van der Waals surface area contributed by atoms with Crippen molar-refractivity contribution in [2.75, 3.05) is 7.11 Å². The number of amides is 4. The van der Waals surface area contributed by atoms with Crippen LogP contribution in [0.15, 0.2) is 94.4 Å². The third kappa shape index (κ3) is 8.44. The Morgan fingerprint density at radius 1 is 0.734 bits per heavy atom. The maximum atomic E-state index is 14.1. The van der Waals surface area contributed by atoms with Gasteiger partial charge in [0.2, 0.25) is 23.1 Å². The van der Waals surface area contributed by atoms with Crippen molar-refractivity contribution in [3.8, 4) is 11.5 Å². The molecule has 3 aromatic carbocycles. The number of nitrogens with two attached hydrogens (primary N) is 2. The first-order valence-corrected chi connectivity index (χ1v) is 20.4. The maximum Gasteiger partial charge on any atom is 0.298 e. The molecule has 0 unspecified atom stereocenters. The first-order chi connectivity index (χ1) is 30.5. The standard InChI is InChI=1S/C46H50N12O6/c1-10-57-37(18-28(5)51-57)43(61)49-45-53(7)35-20-31(41(47)59)14-17-34(35)55(45)23-26(3)27(4)24-56-40-36(54(8)46(56)50-44(62)38-19-29(6)52-58(38)11-2)21-32(42(48)60)22-39(40)64-25-30-12-15-33(63-9)16-13-30/h10,12-22H,1,11,23-25H2,2-9H3,(H2,47,59)(H2,48,60)/b27-26+,49-45+,50-46+. The number of hydrogen-bond acceptors (Lipinski definition) is 8. The van der Waals surface area contributed by atoms with Crippen molar-refractivity contribution in [2.24, 2.45) is 35.5 Å². The molecule has 0 saturated heterocycles. The van der Waals surface area contributed by atoms with E-state index >= 15 is 0 Å². The molecule has 4 aromatic heterocycles. The monoisotopic (exact) mass is 866 g/mol. The van der Waals surface area contributed by atoms with Crippen molar-refractivity contribution in [1.82, 2.24) is 37.8 Å². The highest BCUT2D eigenvalue weighted by molar-refractivity contribution is 5.99. The Morgan fingerprint density at radius 2 is 1.31 bits per heavy atom. The van der Waals surface area contributed by atoms with Crippen LogP contribution in [0, 0.1) is 13.8 Å². The second-order valence-corrected chi connectivity index (χ2v) is 15.5. The number of allylic oxidation sites excluding steroid dienone is 2. The summed E-state index contributed by atoms with van der Waals surface area (Å²) in [5.41, 5.74) is 19.5. The predicted octanol–water partition coefficient (Wildman–Crippen LogP) is 4.71. The first kappa shape index (κ1) is 44.0. The predicted molar refractivity (Wildman–Crippen MR) is 240 cm³/mol. The van der Waals surface area contributed by atoms with E-state index in [1.165, 1.54) is 10.9 Å². The van der Waals surface area contributed by atoms with E-state index in [2.05, 4.69) is 21.8 Å². The molecule has 18 heteroatoms. The van der Waals surface area contributed by atoms with E-state index in [1.807, 2.05) is 61.1 Å². The van der Waals surface area contributed by atoms with E-state index in [-0.39, 0.29) is 36.6 Å². The number of benzene rings is 3. The molecule has 4 amide bonds. The minimum atomic E-state index is -0.661. The van der Waals surface area contributed by atoms with Gasteiger partial charge in [0.25, 0.3) is 11.8 Å². The Labute approximate surface area is 367 Å². The summed E-state index contributed by atoms with van der Waals surface area (Å²) in [6.07, 6.45) is 1.43. The largest absolute Gasteiger partial charge is 0.497 e. The third-order valence-corrected chi connectivity index (χ3v) is 11.1. The maximum absolute atomic E-state index is 14.1. The average Bonchev–Trinajstić information content (AvgIpc) is 4.00. The molecule has 64 heavy (non-hydrogen) atoms. The van der Waals surface area contributed by atoms with Gasteiger partial charge < -0.3 is 39.2 Å². The van der Waals surface area contributed by atoms with Crippen molar-refractivity contribution in [3.63, 3.8) is 0 Å². The zero-order valence-electron chi connectivity index (χ0n) is 37.0. The first-order valence-electron chi connectivity index (χ1n) is 20.4. The van der Waals surface area contributed by atoms with Gasteiger partial charge >= 0.3 is 0 Å². The molecular weight excluding hydrogens is 817 g/mol. The van der Waals surface area contributed by atoms with E-state index < -0.39 is 23.6 Å². The summed E-state index contributed by atoms with van der Waals surface area (Å²) in [4.78, 5) is 62.2. The molecule has 18 nitrogen and oxygen atoms in total. The Morgan fingerprint density at radius 3 is 1.94 bits per heavy atom. The normalized spacial score (nSPS) is 12.6. The van der Waals surface area contributed by atoms with Crippen LogP contribution in [0.4, 0.5) is 0 Å². The van der Waals surface area contributed by atoms with Crippen LogP contribution in [0.1, 0.15) is 79.4 Å². The number of imidazole rings is 2. The Kier molecular flexibility index (Phi) is 12.2. The number of rotatable bonds is 14. The fourth-order valence-corrected chi connectivity index (χ4v) is 7.61. The molecule has 0 fully saturated rings. The Balaban J connectivity index is 1.41. The van der Waals surface area contributed by atoms with Crippen LogP contribution in [0.25, 0.3) is 28.3 Å². The second-order valence-electron chi connectivity index (χ2n) is 15.5. The van der Waals surface area contributed by atoms with E-state index in [9.17, 15) is 19.2 Å². The lowest BCUT2D eigenvalue weighted by molar-refractivity contribution is 0.0979. The number of fused-ring (bicyclic) bond motifs is 2. The smallest absolute Gasteiger partial charge is 0.298 e. The molecule has 0 atom stereocenters. The fraction of sp³-hybridized carbons (Fsp3) is 0.261. The molecule has 0 spiro atoms. The minimum absolute atomic E-state index is 0.137. The molecule has 4 N–H and O–H groups in total. The van der Waals surface area contributed by atoms with Crippen molar-refractivity contribution in [3.05, 3.63) is 135 Å². The lowest BCUT2D eigenvalue weighted by atomic mass is 10.1. The summed E-state index contributed by atoms with van der Waals surface area (Å²) in [5, 5.41) is 8.78. The van der Waals surface area contributed by atoms with Gasteiger partial charge in [0.15, 0.2) is 0 Å². The highest BCUT2D eigenvalue weighted by atomic mass is 16.5. The topological polar surface area (TPSA) is 219 Å². The highest BCUT2D eigenvalue weighted by Gasteiger charge is 2.22. The molecule has 4 heterocycles. The van der Waals surface area contributed by atoms with Gasteiger partial charge in [-0.15, -0.1) is 0 Å². The lowest BCUT2D eigenvalue weighted by Crippen LogP contribution is -2.28. The van der Waals surface area contributed by atoms with Crippen LogP contribution in [0.2, 0.25) is 0 Å². The summed E-state index contributed by atoms with van der Waals surface area (Å²) in [6.45, 7) is 14.2.